The molecule has 1 saturated carbocycles. The van der Waals surface area contributed by atoms with Gasteiger partial charge >= 0.3 is 6.03 Å². The van der Waals surface area contributed by atoms with Crippen molar-refractivity contribution in [3.8, 4) is 0 Å². The second-order valence-electron chi connectivity index (χ2n) is 7.48. The number of hydrogen-bond donors (Lipinski definition) is 2. The summed E-state index contributed by atoms with van der Waals surface area (Å²) in [5.74, 6) is 1.16. The second kappa shape index (κ2) is 7.64. The lowest BCUT2D eigenvalue weighted by molar-refractivity contribution is 0.128. The van der Waals surface area contributed by atoms with E-state index in [0.717, 1.165) is 44.8 Å². The molecule has 3 fully saturated rings. The van der Waals surface area contributed by atoms with E-state index in [-0.39, 0.29) is 18.6 Å². The molecule has 0 bridgehead atoms. The van der Waals surface area contributed by atoms with Crippen molar-refractivity contribution in [2.24, 2.45) is 11.8 Å². The van der Waals surface area contributed by atoms with Crippen molar-refractivity contribution in [1.29, 1.82) is 0 Å². The van der Waals surface area contributed by atoms with E-state index >= 15 is 0 Å². The van der Waals surface area contributed by atoms with Crippen molar-refractivity contribution >= 4 is 6.03 Å². The van der Waals surface area contributed by atoms with Gasteiger partial charge in [0.25, 0.3) is 0 Å². The molecule has 0 spiro atoms. The van der Waals surface area contributed by atoms with Crippen LogP contribution in [0.3, 0.4) is 0 Å². The number of aliphatic hydroxyl groups excluding tert-OH is 1. The van der Waals surface area contributed by atoms with Gasteiger partial charge in [0.2, 0.25) is 0 Å². The van der Waals surface area contributed by atoms with Gasteiger partial charge in [0.05, 0.1) is 0 Å². The standard InChI is InChI=1S/C17H31N3O2/c21-13-15-6-3-8-20(11-15)17(22)18-16-7-9-19(12-16)10-14-4-1-2-5-14/h14-16,21H,1-13H2,(H,18,22)/t15-,16+/m1/s1. The highest BCUT2D eigenvalue weighted by molar-refractivity contribution is 5.74. The zero-order valence-corrected chi connectivity index (χ0v) is 13.7. The van der Waals surface area contributed by atoms with E-state index in [9.17, 15) is 9.90 Å². The lowest BCUT2D eigenvalue weighted by atomic mass is 9.99. The highest BCUT2D eigenvalue weighted by Gasteiger charge is 2.29. The van der Waals surface area contributed by atoms with Crippen LogP contribution in [-0.2, 0) is 0 Å². The number of rotatable bonds is 4. The Labute approximate surface area is 134 Å². The van der Waals surface area contributed by atoms with Gasteiger partial charge in [0, 0.05) is 45.4 Å². The zero-order chi connectivity index (χ0) is 15.4. The predicted octanol–water partition coefficient (Wildman–Crippen LogP) is 1.66. The minimum atomic E-state index is 0.0749. The van der Waals surface area contributed by atoms with Gasteiger partial charge in [-0.2, -0.15) is 0 Å². The number of nitrogens with zero attached hydrogens (tertiary/aromatic N) is 2. The van der Waals surface area contributed by atoms with Crippen LogP contribution in [0.5, 0.6) is 0 Å². The number of carbonyl (C=O) groups excluding carboxylic acids is 1. The largest absolute Gasteiger partial charge is 0.396 e. The lowest BCUT2D eigenvalue weighted by Crippen LogP contribution is -2.49. The maximum absolute atomic E-state index is 12.4. The van der Waals surface area contributed by atoms with E-state index in [1.54, 1.807) is 0 Å². The summed E-state index contributed by atoms with van der Waals surface area (Å²) in [6.07, 6.45) is 8.72. The van der Waals surface area contributed by atoms with E-state index in [4.69, 9.17) is 0 Å². The van der Waals surface area contributed by atoms with Crippen LogP contribution < -0.4 is 5.32 Å². The summed E-state index contributed by atoms with van der Waals surface area (Å²) < 4.78 is 0. The molecule has 2 aliphatic heterocycles. The molecule has 0 unspecified atom stereocenters. The Balaban J connectivity index is 1.40. The van der Waals surface area contributed by atoms with Gasteiger partial charge in [0.15, 0.2) is 0 Å². The van der Waals surface area contributed by atoms with Gasteiger partial charge in [-0.3, -0.25) is 0 Å². The molecule has 2 N–H and O–H groups in total. The smallest absolute Gasteiger partial charge is 0.317 e. The Morgan fingerprint density at radius 1 is 1.00 bits per heavy atom. The average molecular weight is 309 g/mol. The van der Waals surface area contributed by atoms with Crippen LogP contribution in [0.15, 0.2) is 0 Å². The van der Waals surface area contributed by atoms with Crippen molar-refractivity contribution in [2.45, 2.75) is 51.0 Å². The van der Waals surface area contributed by atoms with Gasteiger partial charge in [-0.1, -0.05) is 12.8 Å². The van der Waals surface area contributed by atoms with Crippen LogP contribution in [0, 0.1) is 11.8 Å². The Morgan fingerprint density at radius 3 is 2.55 bits per heavy atom. The molecule has 2 saturated heterocycles. The number of hydrogen-bond acceptors (Lipinski definition) is 3. The molecule has 3 rings (SSSR count). The topological polar surface area (TPSA) is 55.8 Å². The molecule has 2 amide bonds. The van der Waals surface area contributed by atoms with E-state index in [0.29, 0.717) is 12.6 Å². The van der Waals surface area contributed by atoms with E-state index in [1.165, 1.54) is 32.2 Å². The lowest BCUT2D eigenvalue weighted by Gasteiger charge is -2.32. The molecule has 22 heavy (non-hydrogen) atoms. The molecule has 3 aliphatic rings. The van der Waals surface area contributed by atoms with Crippen LogP contribution >= 0.6 is 0 Å². The first-order valence-corrected chi connectivity index (χ1v) is 9.13. The SMILES string of the molecule is O=C(N[C@H]1CCN(CC2CCCC2)C1)N1CCC[C@@H](CO)C1. The Morgan fingerprint density at radius 2 is 1.77 bits per heavy atom. The molecule has 126 valence electrons. The highest BCUT2D eigenvalue weighted by atomic mass is 16.3. The molecule has 5 nitrogen and oxygen atoms in total. The number of amides is 2. The molecule has 0 radical (unpaired) electrons. The molecule has 1 aliphatic carbocycles. The molecule has 0 aromatic heterocycles. The first-order chi connectivity index (χ1) is 10.7. The fourth-order valence-corrected chi connectivity index (χ4v) is 4.34. The number of carbonyl (C=O) groups is 1. The van der Waals surface area contributed by atoms with Crippen molar-refractivity contribution in [3.63, 3.8) is 0 Å². The minimum absolute atomic E-state index is 0.0749. The molecular formula is C17H31N3O2. The van der Waals surface area contributed by atoms with E-state index in [1.807, 2.05) is 4.90 Å². The molecule has 2 heterocycles. The average Bonchev–Trinajstić information content (AvgIpc) is 3.20. The minimum Gasteiger partial charge on any atom is -0.396 e. The van der Waals surface area contributed by atoms with Crippen LogP contribution in [0.25, 0.3) is 0 Å². The summed E-state index contributed by atoms with van der Waals surface area (Å²) in [6.45, 7) is 5.10. The van der Waals surface area contributed by atoms with Crippen LogP contribution in [0.2, 0.25) is 0 Å². The summed E-state index contributed by atoms with van der Waals surface area (Å²) in [4.78, 5) is 16.8. The van der Waals surface area contributed by atoms with Crippen molar-refractivity contribution in [2.75, 3.05) is 39.3 Å². The summed E-state index contributed by atoms with van der Waals surface area (Å²) in [5.41, 5.74) is 0. The van der Waals surface area contributed by atoms with Crippen molar-refractivity contribution in [3.05, 3.63) is 0 Å². The first-order valence-electron chi connectivity index (χ1n) is 9.13. The summed E-state index contributed by atoms with van der Waals surface area (Å²) in [6, 6.07) is 0.384. The molecule has 5 heteroatoms. The van der Waals surface area contributed by atoms with Crippen molar-refractivity contribution in [1.82, 2.24) is 15.1 Å². The fourth-order valence-electron chi connectivity index (χ4n) is 4.34. The third kappa shape index (κ3) is 4.13. The van der Waals surface area contributed by atoms with Gasteiger partial charge in [-0.25, -0.2) is 4.79 Å². The maximum Gasteiger partial charge on any atom is 0.317 e. The van der Waals surface area contributed by atoms with E-state index in [2.05, 4.69) is 10.2 Å². The predicted molar refractivity (Wildman–Crippen MR) is 86.7 cm³/mol. The highest BCUT2D eigenvalue weighted by Crippen LogP contribution is 2.26. The number of urea groups is 1. The monoisotopic (exact) mass is 309 g/mol. The van der Waals surface area contributed by atoms with E-state index < -0.39 is 0 Å². The molecular weight excluding hydrogens is 278 g/mol. The van der Waals surface area contributed by atoms with Crippen molar-refractivity contribution < 1.29 is 9.90 Å². The Hall–Kier alpha value is -0.810. The molecule has 0 aromatic rings. The third-order valence-electron chi connectivity index (χ3n) is 5.66. The van der Waals surface area contributed by atoms with Gasteiger partial charge in [0.1, 0.15) is 0 Å². The summed E-state index contributed by atoms with van der Waals surface area (Å²) in [7, 11) is 0. The van der Waals surface area contributed by atoms with Gasteiger partial charge in [-0.15, -0.1) is 0 Å². The third-order valence-corrected chi connectivity index (χ3v) is 5.66. The summed E-state index contributed by atoms with van der Waals surface area (Å²) >= 11 is 0. The number of nitrogens with one attached hydrogen (secondary N) is 1. The zero-order valence-electron chi connectivity index (χ0n) is 13.7. The van der Waals surface area contributed by atoms with Crippen LogP contribution in [0.4, 0.5) is 4.79 Å². The van der Waals surface area contributed by atoms with Gasteiger partial charge in [-0.05, 0) is 43.9 Å². The number of likely N-dealkylation sites (tertiary alicyclic amines) is 2. The first kappa shape index (κ1) is 16.1. The molecule has 0 aromatic carbocycles. The van der Waals surface area contributed by atoms with Crippen LogP contribution in [0.1, 0.15) is 44.9 Å². The quantitative estimate of drug-likeness (QED) is 0.830. The Bertz CT molecular complexity index is 371. The number of piperidine rings is 1. The maximum atomic E-state index is 12.4. The molecule has 2 atom stereocenters. The number of aliphatic hydroxyl groups is 1. The normalized spacial score (nSPS) is 30.9. The van der Waals surface area contributed by atoms with Crippen LogP contribution in [-0.4, -0.2) is 66.3 Å². The Kier molecular flexibility index (Phi) is 5.58. The summed E-state index contributed by atoms with van der Waals surface area (Å²) in [5, 5.41) is 12.5. The fraction of sp³-hybridized carbons (Fsp3) is 0.941. The van der Waals surface area contributed by atoms with Gasteiger partial charge < -0.3 is 20.2 Å². The second-order valence-corrected chi connectivity index (χ2v) is 7.48.